The molecule has 1 aromatic rings. The number of furan rings is 1. The Balaban J connectivity index is 2.39. The zero-order chi connectivity index (χ0) is 10.6. The maximum atomic E-state index is 5.32. The van der Waals surface area contributed by atoms with Crippen LogP contribution in [-0.4, -0.2) is 19.3 Å². The van der Waals surface area contributed by atoms with Crippen LogP contribution < -0.4 is 5.32 Å². The second-order valence-electron chi connectivity index (χ2n) is 4.12. The monoisotopic (exact) mass is 197 g/mol. The molecule has 80 valence electrons. The molecule has 3 heteroatoms. The Kier molecular flexibility index (Phi) is 3.72. The van der Waals surface area contributed by atoms with Gasteiger partial charge in [0.1, 0.15) is 0 Å². The molecule has 1 N–H and O–H groups in total. The molecule has 14 heavy (non-hydrogen) atoms. The summed E-state index contributed by atoms with van der Waals surface area (Å²) in [6, 6.07) is 2.26. The van der Waals surface area contributed by atoms with Gasteiger partial charge in [-0.25, -0.2) is 0 Å². The van der Waals surface area contributed by atoms with Crippen LogP contribution in [0.1, 0.15) is 32.4 Å². The van der Waals surface area contributed by atoms with E-state index in [9.17, 15) is 0 Å². The Bertz CT molecular complexity index is 254. The van der Waals surface area contributed by atoms with Crippen LogP contribution in [-0.2, 0) is 4.74 Å². The normalized spacial score (nSPS) is 14.3. The first kappa shape index (κ1) is 11.3. The van der Waals surface area contributed by atoms with Crippen LogP contribution in [0.3, 0.4) is 0 Å². The van der Waals surface area contributed by atoms with E-state index in [0.717, 1.165) is 12.1 Å². The molecule has 0 fully saturated rings. The summed E-state index contributed by atoms with van der Waals surface area (Å²) in [4.78, 5) is 0. The van der Waals surface area contributed by atoms with Gasteiger partial charge in [0, 0.05) is 25.3 Å². The van der Waals surface area contributed by atoms with Crippen molar-refractivity contribution in [2.45, 2.75) is 32.4 Å². The molecule has 1 atom stereocenters. The van der Waals surface area contributed by atoms with Crippen LogP contribution >= 0.6 is 0 Å². The highest BCUT2D eigenvalue weighted by atomic mass is 16.5. The Morgan fingerprint density at radius 2 is 2.29 bits per heavy atom. The van der Waals surface area contributed by atoms with Gasteiger partial charge < -0.3 is 14.5 Å². The first-order valence-electron chi connectivity index (χ1n) is 4.86. The summed E-state index contributed by atoms with van der Waals surface area (Å²) in [5.41, 5.74) is 1.04. The van der Waals surface area contributed by atoms with E-state index < -0.39 is 0 Å². The SMILES string of the molecule is COC(C)(C)CNC(C)c1ccoc1. The second kappa shape index (κ2) is 4.62. The van der Waals surface area contributed by atoms with Gasteiger partial charge in [0.2, 0.25) is 0 Å². The van der Waals surface area contributed by atoms with Crippen LogP contribution in [0.4, 0.5) is 0 Å². The van der Waals surface area contributed by atoms with Crippen molar-refractivity contribution in [1.29, 1.82) is 0 Å². The Morgan fingerprint density at radius 3 is 2.79 bits per heavy atom. The van der Waals surface area contributed by atoms with E-state index in [1.165, 1.54) is 0 Å². The number of hydrogen-bond donors (Lipinski definition) is 1. The predicted molar refractivity (Wildman–Crippen MR) is 56.2 cm³/mol. The minimum Gasteiger partial charge on any atom is -0.472 e. The fourth-order valence-electron chi connectivity index (χ4n) is 1.11. The zero-order valence-electron chi connectivity index (χ0n) is 9.33. The molecule has 1 aromatic heterocycles. The quantitative estimate of drug-likeness (QED) is 0.786. The minimum absolute atomic E-state index is 0.127. The van der Waals surface area contributed by atoms with Gasteiger partial charge in [0.15, 0.2) is 0 Å². The zero-order valence-corrected chi connectivity index (χ0v) is 9.33. The number of nitrogens with one attached hydrogen (secondary N) is 1. The van der Waals surface area contributed by atoms with Gasteiger partial charge >= 0.3 is 0 Å². The van der Waals surface area contributed by atoms with Gasteiger partial charge in [-0.05, 0) is 26.8 Å². The lowest BCUT2D eigenvalue weighted by molar-refractivity contribution is 0.0214. The highest BCUT2D eigenvalue weighted by Gasteiger charge is 2.17. The molecule has 0 aromatic carbocycles. The molecule has 3 nitrogen and oxygen atoms in total. The fraction of sp³-hybridized carbons (Fsp3) is 0.636. The van der Waals surface area contributed by atoms with Crippen LogP contribution in [0.2, 0.25) is 0 Å². The van der Waals surface area contributed by atoms with Crippen LogP contribution in [0.25, 0.3) is 0 Å². The molecule has 0 spiro atoms. The highest BCUT2D eigenvalue weighted by Crippen LogP contribution is 2.14. The van der Waals surface area contributed by atoms with Gasteiger partial charge in [-0.1, -0.05) is 0 Å². The summed E-state index contributed by atoms with van der Waals surface area (Å²) in [7, 11) is 1.73. The third-order valence-electron chi connectivity index (χ3n) is 2.43. The molecular weight excluding hydrogens is 178 g/mol. The van der Waals surface area contributed by atoms with Crippen molar-refractivity contribution < 1.29 is 9.15 Å². The minimum atomic E-state index is -0.127. The summed E-state index contributed by atoms with van der Waals surface area (Å²) < 4.78 is 10.3. The Labute approximate surface area is 85.4 Å². The van der Waals surface area contributed by atoms with Gasteiger partial charge in [0.05, 0.1) is 18.1 Å². The maximum Gasteiger partial charge on any atom is 0.0950 e. The first-order valence-corrected chi connectivity index (χ1v) is 4.86. The van der Waals surface area contributed by atoms with Gasteiger partial charge in [-0.2, -0.15) is 0 Å². The van der Waals surface area contributed by atoms with Crippen LogP contribution in [0.5, 0.6) is 0 Å². The third kappa shape index (κ3) is 3.16. The van der Waals surface area contributed by atoms with Gasteiger partial charge in [-0.3, -0.25) is 0 Å². The molecule has 1 heterocycles. The molecule has 1 rings (SSSR count). The molecule has 0 aliphatic rings. The second-order valence-corrected chi connectivity index (χ2v) is 4.12. The summed E-state index contributed by atoms with van der Waals surface area (Å²) in [5, 5.41) is 3.39. The van der Waals surface area contributed by atoms with Crippen LogP contribution in [0.15, 0.2) is 23.0 Å². The number of rotatable bonds is 5. The molecule has 0 radical (unpaired) electrons. The topological polar surface area (TPSA) is 34.4 Å². The number of methoxy groups -OCH3 is 1. The van der Waals surface area contributed by atoms with E-state index in [0.29, 0.717) is 6.04 Å². The summed E-state index contributed by atoms with van der Waals surface area (Å²) in [6.07, 6.45) is 3.45. The molecule has 0 bridgehead atoms. The smallest absolute Gasteiger partial charge is 0.0950 e. The Morgan fingerprint density at radius 1 is 1.57 bits per heavy atom. The summed E-state index contributed by atoms with van der Waals surface area (Å²) >= 11 is 0. The average molecular weight is 197 g/mol. The first-order chi connectivity index (χ1) is 6.55. The summed E-state index contributed by atoms with van der Waals surface area (Å²) in [5.74, 6) is 0. The van der Waals surface area contributed by atoms with E-state index >= 15 is 0 Å². The molecule has 0 amide bonds. The van der Waals surface area contributed by atoms with Crippen molar-refractivity contribution in [3.05, 3.63) is 24.2 Å². The molecule has 0 saturated carbocycles. The van der Waals surface area contributed by atoms with Crippen molar-refractivity contribution in [2.24, 2.45) is 0 Å². The highest BCUT2D eigenvalue weighted by molar-refractivity contribution is 5.10. The Hall–Kier alpha value is -0.800. The average Bonchev–Trinajstić information content (AvgIpc) is 2.67. The van der Waals surface area contributed by atoms with Crippen molar-refractivity contribution in [3.63, 3.8) is 0 Å². The standard InChI is InChI=1S/C11H19NO2/c1-9(10-5-6-14-7-10)12-8-11(2,3)13-4/h5-7,9,12H,8H2,1-4H3. The van der Waals surface area contributed by atoms with Crippen molar-refractivity contribution in [2.75, 3.05) is 13.7 Å². The molecule has 0 saturated heterocycles. The lowest BCUT2D eigenvalue weighted by Gasteiger charge is -2.25. The molecule has 1 unspecified atom stereocenters. The van der Waals surface area contributed by atoms with Crippen molar-refractivity contribution >= 4 is 0 Å². The predicted octanol–water partition coefficient (Wildman–Crippen LogP) is 2.36. The third-order valence-corrected chi connectivity index (χ3v) is 2.43. The summed E-state index contributed by atoms with van der Waals surface area (Å²) in [6.45, 7) is 7.04. The van der Waals surface area contributed by atoms with E-state index in [4.69, 9.17) is 9.15 Å². The van der Waals surface area contributed by atoms with Crippen molar-refractivity contribution in [1.82, 2.24) is 5.32 Å². The van der Waals surface area contributed by atoms with E-state index in [1.807, 2.05) is 6.07 Å². The van der Waals surface area contributed by atoms with E-state index in [2.05, 4.69) is 26.1 Å². The number of hydrogen-bond acceptors (Lipinski definition) is 3. The lowest BCUT2D eigenvalue weighted by Crippen LogP contribution is -2.37. The van der Waals surface area contributed by atoms with E-state index in [1.54, 1.807) is 19.6 Å². The van der Waals surface area contributed by atoms with Gasteiger partial charge in [0.25, 0.3) is 0 Å². The van der Waals surface area contributed by atoms with Gasteiger partial charge in [-0.15, -0.1) is 0 Å². The maximum absolute atomic E-state index is 5.32. The fourth-order valence-corrected chi connectivity index (χ4v) is 1.11. The molecule has 0 aliphatic heterocycles. The van der Waals surface area contributed by atoms with Crippen molar-refractivity contribution in [3.8, 4) is 0 Å². The lowest BCUT2D eigenvalue weighted by atomic mass is 10.1. The molecule has 0 aliphatic carbocycles. The molecular formula is C11H19NO2. The number of ether oxygens (including phenoxy) is 1. The largest absolute Gasteiger partial charge is 0.472 e. The van der Waals surface area contributed by atoms with E-state index in [-0.39, 0.29) is 5.60 Å². The van der Waals surface area contributed by atoms with Crippen LogP contribution in [0, 0.1) is 0 Å².